The zero-order valence-electron chi connectivity index (χ0n) is 7.45. The van der Waals surface area contributed by atoms with Crippen molar-refractivity contribution in [3.8, 4) is 0 Å². The van der Waals surface area contributed by atoms with Crippen LogP contribution in [0.4, 0.5) is 4.39 Å². The minimum Gasteiger partial charge on any atom is -0.491 e. The summed E-state index contributed by atoms with van der Waals surface area (Å²) >= 11 is 0. The molecule has 0 aromatic carbocycles. The van der Waals surface area contributed by atoms with Gasteiger partial charge in [-0.2, -0.15) is 0 Å². The molecule has 2 atom stereocenters. The van der Waals surface area contributed by atoms with Crippen molar-refractivity contribution in [3.05, 3.63) is 24.0 Å². The minimum absolute atomic E-state index is 0.209. The van der Waals surface area contributed by atoms with Gasteiger partial charge in [-0.25, -0.2) is 4.39 Å². The molecular weight excluding hydrogens is 169 g/mol. The highest BCUT2D eigenvalue weighted by atomic mass is 19.1. The molecule has 0 spiro atoms. The lowest BCUT2D eigenvalue weighted by atomic mass is 9.98. The van der Waals surface area contributed by atoms with Gasteiger partial charge < -0.3 is 10.5 Å². The van der Waals surface area contributed by atoms with Crippen molar-refractivity contribution in [1.82, 2.24) is 0 Å². The maximum absolute atomic E-state index is 13.1. The van der Waals surface area contributed by atoms with E-state index in [1.54, 1.807) is 12.2 Å². The largest absolute Gasteiger partial charge is 0.491 e. The Labute approximate surface area is 77.3 Å². The number of rotatable bonds is 3. The molecule has 2 aliphatic carbocycles. The summed E-state index contributed by atoms with van der Waals surface area (Å²) in [5.74, 6) is 0.575. The first-order chi connectivity index (χ1) is 6.29. The van der Waals surface area contributed by atoms with Gasteiger partial charge in [-0.15, -0.1) is 0 Å². The molecule has 13 heavy (non-hydrogen) atoms. The van der Waals surface area contributed by atoms with Crippen molar-refractivity contribution < 1.29 is 9.13 Å². The fourth-order valence-electron chi connectivity index (χ4n) is 1.34. The van der Waals surface area contributed by atoms with Crippen LogP contribution in [0.1, 0.15) is 12.8 Å². The van der Waals surface area contributed by atoms with E-state index >= 15 is 0 Å². The first kappa shape index (κ1) is 8.75. The van der Waals surface area contributed by atoms with Crippen molar-refractivity contribution in [3.63, 3.8) is 0 Å². The molecule has 0 radical (unpaired) electrons. The molecule has 0 aromatic rings. The molecule has 2 nitrogen and oxygen atoms in total. The van der Waals surface area contributed by atoms with Crippen LogP contribution in [-0.2, 0) is 4.74 Å². The van der Waals surface area contributed by atoms with Crippen molar-refractivity contribution >= 4 is 0 Å². The van der Waals surface area contributed by atoms with E-state index in [0.29, 0.717) is 12.6 Å². The van der Waals surface area contributed by atoms with Crippen LogP contribution in [0.2, 0.25) is 0 Å². The topological polar surface area (TPSA) is 35.2 Å². The summed E-state index contributed by atoms with van der Waals surface area (Å²) in [6, 6.07) is 0. The number of alkyl halides is 1. The molecule has 0 saturated heterocycles. The van der Waals surface area contributed by atoms with Crippen LogP contribution in [0, 0.1) is 5.92 Å². The van der Waals surface area contributed by atoms with E-state index in [2.05, 4.69) is 0 Å². The van der Waals surface area contributed by atoms with E-state index in [0.717, 1.165) is 18.6 Å². The van der Waals surface area contributed by atoms with Crippen LogP contribution in [0.25, 0.3) is 0 Å². The van der Waals surface area contributed by atoms with Gasteiger partial charge in [0.1, 0.15) is 11.9 Å². The van der Waals surface area contributed by atoms with Crippen LogP contribution in [0.3, 0.4) is 0 Å². The molecule has 0 amide bonds. The van der Waals surface area contributed by atoms with Crippen molar-refractivity contribution in [2.75, 3.05) is 6.54 Å². The van der Waals surface area contributed by atoms with Crippen LogP contribution >= 0.6 is 0 Å². The second-order valence-electron chi connectivity index (χ2n) is 3.59. The average Bonchev–Trinajstić information content (AvgIpc) is 2.92. The van der Waals surface area contributed by atoms with Gasteiger partial charge in [0.05, 0.1) is 6.10 Å². The number of allylic oxidation sites excluding steroid dienone is 2. The first-order valence-electron chi connectivity index (χ1n) is 4.70. The SMILES string of the molecule is NCC1C=C(OC2CC2)C=CC1F. The molecule has 2 aliphatic rings. The lowest BCUT2D eigenvalue weighted by Crippen LogP contribution is -2.24. The molecule has 2 N–H and O–H groups in total. The maximum atomic E-state index is 13.1. The number of ether oxygens (including phenoxy) is 1. The standard InChI is InChI=1S/C10H14FNO/c11-10-4-3-9(5-7(10)6-12)13-8-1-2-8/h3-5,7-8,10H,1-2,6,12H2. The molecule has 3 heteroatoms. The quantitative estimate of drug-likeness (QED) is 0.720. The molecule has 0 aliphatic heterocycles. The van der Waals surface area contributed by atoms with E-state index in [1.165, 1.54) is 6.08 Å². The van der Waals surface area contributed by atoms with Crippen LogP contribution < -0.4 is 5.73 Å². The van der Waals surface area contributed by atoms with E-state index in [1.807, 2.05) is 0 Å². The Morgan fingerprint density at radius 1 is 1.54 bits per heavy atom. The van der Waals surface area contributed by atoms with Gasteiger partial charge in [0.25, 0.3) is 0 Å². The van der Waals surface area contributed by atoms with Crippen LogP contribution in [0.15, 0.2) is 24.0 Å². The lowest BCUT2D eigenvalue weighted by molar-refractivity contribution is 0.198. The van der Waals surface area contributed by atoms with Gasteiger partial charge in [-0.3, -0.25) is 0 Å². The number of hydrogen-bond acceptors (Lipinski definition) is 2. The molecule has 0 aromatic heterocycles. The maximum Gasteiger partial charge on any atom is 0.126 e. The normalized spacial score (nSPS) is 32.9. The summed E-state index contributed by atoms with van der Waals surface area (Å²) in [4.78, 5) is 0. The lowest BCUT2D eigenvalue weighted by Gasteiger charge is -2.18. The number of hydrogen-bond donors (Lipinski definition) is 1. The second kappa shape index (κ2) is 3.50. The third-order valence-corrected chi connectivity index (χ3v) is 2.33. The number of halogens is 1. The predicted molar refractivity (Wildman–Crippen MR) is 48.8 cm³/mol. The monoisotopic (exact) mass is 183 g/mol. The van der Waals surface area contributed by atoms with E-state index in [-0.39, 0.29) is 5.92 Å². The molecule has 72 valence electrons. The Morgan fingerprint density at radius 2 is 2.31 bits per heavy atom. The Bertz CT molecular complexity index is 245. The van der Waals surface area contributed by atoms with Crippen molar-refractivity contribution in [2.24, 2.45) is 11.7 Å². The fourth-order valence-corrected chi connectivity index (χ4v) is 1.34. The third kappa shape index (κ3) is 2.10. The summed E-state index contributed by atoms with van der Waals surface area (Å²) < 4.78 is 18.6. The third-order valence-electron chi connectivity index (χ3n) is 2.33. The highest BCUT2D eigenvalue weighted by molar-refractivity contribution is 5.22. The minimum atomic E-state index is -0.948. The average molecular weight is 183 g/mol. The number of nitrogens with two attached hydrogens (primary N) is 1. The molecule has 1 fully saturated rings. The van der Waals surface area contributed by atoms with Crippen LogP contribution in [-0.4, -0.2) is 18.8 Å². The zero-order valence-corrected chi connectivity index (χ0v) is 7.45. The van der Waals surface area contributed by atoms with Gasteiger partial charge in [0.2, 0.25) is 0 Å². The fraction of sp³-hybridized carbons (Fsp3) is 0.600. The predicted octanol–water partition coefficient (Wildman–Crippen LogP) is 1.53. The highest BCUT2D eigenvalue weighted by Crippen LogP contribution is 2.29. The smallest absolute Gasteiger partial charge is 0.126 e. The van der Waals surface area contributed by atoms with Gasteiger partial charge in [-0.05, 0) is 31.1 Å². The summed E-state index contributed by atoms with van der Waals surface area (Å²) in [6.45, 7) is 0.336. The van der Waals surface area contributed by atoms with Crippen molar-refractivity contribution in [2.45, 2.75) is 25.1 Å². The Morgan fingerprint density at radius 3 is 2.92 bits per heavy atom. The van der Waals surface area contributed by atoms with Crippen LogP contribution in [0.5, 0.6) is 0 Å². The zero-order chi connectivity index (χ0) is 9.26. The van der Waals surface area contributed by atoms with Gasteiger partial charge >= 0.3 is 0 Å². The summed E-state index contributed by atoms with van der Waals surface area (Å²) in [5.41, 5.74) is 5.43. The molecule has 2 unspecified atom stereocenters. The Hall–Kier alpha value is -0.830. The first-order valence-corrected chi connectivity index (χ1v) is 4.70. The molecule has 0 heterocycles. The summed E-state index contributed by atoms with van der Waals surface area (Å²) in [7, 11) is 0. The van der Waals surface area contributed by atoms with E-state index in [4.69, 9.17) is 10.5 Å². The molecule has 0 bridgehead atoms. The molecular formula is C10H14FNO. The summed E-state index contributed by atoms with van der Waals surface area (Å²) in [5, 5.41) is 0. The summed E-state index contributed by atoms with van der Waals surface area (Å²) in [6.07, 6.45) is 6.68. The molecule has 2 rings (SSSR count). The Balaban J connectivity index is 1.98. The molecule has 1 saturated carbocycles. The van der Waals surface area contributed by atoms with E-state index < -0.39 is 6.17 Å². The van der Waals surface area contributed by atoms with Gasteiger partial charge in [0, 0.05) is 12.5 Å². The van der Waals surface area contributed by atoms with Gasteiger partial charge in [0.15, 0.2) is 0 Å². The Kier molecular flexibility index (Phi) is 2.36. The highest BCUT2D eigenvalue weighted by Gasteiger charge is 2.26. The second-order valence-corrected chi connectivity index (χ2v) is 3.59. The van der Waals surface area contributed by atoms with E-state index in [9.17, 15) is 4.39 Å². The van der Waals surface area contributed by atoms with Gasteiger partial charge in [-0.1, -0.05) is 0 Å². The van der Waals surface area contributed by atoms with Crippen molar-refractivity contribution in [1.29, 1.82) is 0 Å².